The van der Waals surface area contributed by atoms with Crippen LogP contribution >= 0.6 is 0 Å². The molecule has 0 atom stereocenters. The van der Waals surface area contributed by atoms with E-state index in [1.165, 1.54) is 13.8 Å². The van der Waals surface area contributed by atoms with Gasteiger partial charge in [0.2, 0.25) is 5.91 Å². The second kappa shape index (κ2) is 5.90. The van der Waals surface area contributed by atoms with Crippen molar-refractivity contribution < 1.29 is 14.3 Å². The quantitative estimate of drug-likeness (QED) is 0.827. The normalized spacial score (nSPS) is 9.62. The molecule has 0 bridgehead atoms. The first-order chi connectivity index (χ1) is 7.58. The van der Waals surface area contributed by atoms with Crippen LogP contribution in [0.25, 0.3) is 0 Å². The van der Waals surface area contributed by atoms with Crippen molar-refractivity contribution in [1.29, 1.82) is 0 Å². The largest absolute Gasteiger partial charge is 0.493 e. The van der Waals surface area contributed by atoms with Gasteiger partial charge in [0.05, 0.1) is 6.61 Å². The molecule has 0 aromatic heterocycles. The highest BCUT2D eigenvalue weighted by Gasteiger charge is 1.98. The molecule has 0 radical (unpaired) electrons. The molecule has 16 heavy (non-hydrogen) atoms. The van der Waals surface area contributed by atoms with Crippen molar-refractivity contribution in [3.63, 3.8) is 0 Å². The molecule has 0 aliphatic heterocycles. The highest BCUT2D eigenvalue weighted by Crippen LogP contribution is 2.15. The zero-order valence-electron chi connectivity index (χ0n) is 9.45. The number of rotatable bonds is 5. The highest BCUT2D eigenvalue weighted by atomic mass is 16.5. The molecule has 0 heterocycles. The SMILES string of the molecule is CC(=O)CCOc1ccc(NC(C)=O)cc1. The van der Waals surface area contributed by atoms with E-state index in [0.29, 0.717) is 18.8 Å². The number of carbonyl (C=O) groups excluding carboxylic acids is 2. The van der Waals surface area contributed by atoms with Gasteiger partial charge in [-0.05, 0) is 31.2 Å². The zero-order valence-corrected chi connectivity index (χ0v) is 9.45. The molecule has 0 spiro atoms. The van der Waals surface area contributed by atoms with Crippen molar-refractivity contribution in [1.82, 2.24) is 0 Å². The van der Waals surface area contributed by atoms with E-state index in [2.05, 4.69) is 5.32 Å². The molecular formula is C12H15NO3. The van der Waals surface area contributed by atoms with Crippen LogP contribution in [0.15, 0.2) is 24.3 Å². The summed E-state index contributed by atoms with van der Waals surface area (Å²) in [6.07, 6.45) is 0.410. The monoisotopic (exact) mass is 221 g/mol. The molecule has 4 heteroatoms. The van der Waals surface area contributed by atoms with Gasteiger partial charge in [-0.25, -0.2) is 0 Å². The molecule has 4 nitrogen and oxygen atoms in total. The second-order valence-corrected chi connectivity index (χ2v) is 3.51. The van der Waals surface area contributed by atoms with Gasteiger partial charge in [-0.2, -0.15) is 0 Å². The number of nitrogens with one attached hydrogen (secondary N) is 1. The summed E-state index contributed by atoms with van der Waals surface area (Å²) in [6, 6.07) is 7.02. The third-order valence-electron chi connectivity index (χ3n) is 1.90. The second-order valence-electron chi connectivity index (χ2n) is 3.51. The van der Waals surface area contributed by atoms with Crippen molar-refractivity contribution in [2.24, 2.45) is 0 Å². The zero-order chi connectivity index (χ0) is 12.0. The van der Waals surface area contributed by atoms with E-state index >= 15 is 0 Å². The van der Waals surface area contributed by atoms with Crippen LogP contribution in [0.4, 0.5) is 5.69 Å². The van der Waals surface area contributed by atoms with E-state index < -0.39 is 0 Å². The fourth-order valence-corrected chi connectivity index (χ4v) is 1.15. The molecule has 0 aliphatic carbocycles. The smallest absolute Gasteiger partial charge is 0.221 e. The number of Topliss-reactive ketones (excluding diaryl/α,β-unsaturated/α-hetero) is 1. The third kappa shape index (κ3) is 4.59. The maximum absolute atomic E-state index is 10.8. The maximum Gasteiger partial charge on any atom is 0.221 e. The number of ketones is 1. The van der Waals surface area contributed by atoms with Crippen molar-refractivity contribution >= 4 is 17.4 Å². The number of benzene rings is 1. The van der Waals surface area contributed by atoms with Crippen LogP contribution in [0.3, 0.4) is 0 Å². The van der Waals surface area contributed by atoms with Gasteiger partial charge >= 0.3 is 0 Å². The maximum atomic E-state index is 10.8. The summed E-state index contributed by atoms with van der Waals surface area (Å²) in [5, 5.41) is 2.66. The van der Waals surface area contributed by atoms with Crippen molar-refractivity contribution in [2.75, 3.05) is 11.9 Å². The lowest BCUT2D eigenvalue weighted by molar-refractivity contribution is -0.117. The van der Waals surface area contributed by atoms with Gasteiger partial charge in [0.25, 0.3) is 0 Å². The lowest BCUT2D eigenvalue weighted by Gasteiger charge is -2.06. The Labute approximate surface area is 94.6 Å². The van der Waals surface area contributed by atoms with Gasteiger partial charge in [0.15, 0.2) is 0 Å². The van der Waals surface area contributed by atoms with Gasteiger partial charge < -0.3 is 10.1 Å². The summed E-state index contributed by atoms with van der Waals surface area (Å²) in [6.45, 7) is 3.37. The van der Waals surface area contributed by atoms with Gasteiger partial charge in [0.1, 0.15) is 11.5 Å². The summed E-state index contributed by atoms with van der Waals surface area (Å²) >= 11 is 0. The van der Waals surface area contributed by atoms with E-state index in [1.54, 1.807) is 24.3 Å². The van der Waals surface area contributed by atoms with Crippen molar-refractivity contribution in [2.45, 2.75) is 20.3 Å². The molecule has 1 N–H and O–H groups in total. The molecule has 0 saturated heterocycles. The van der Waals surface area contributed by atoms with E-state index in [-0.39, 0.29) is 11.7 Å². The predicted octanol–water partition coefficient (Wildman–Crippen LogP) is 2.00. The van der Waals surface area contributed by atoms with Crippen LogP contribution in [0.1, 0.15) is 20.3 Å². The number of carbonyl (C=O) groups is 2. The minimum absolute atomic E-state index is 0.106. The molecule has 1 amide bonds. The Bertz CT molecular complexity index is 370. The highest BCUT2D eigenvalue weighted by molar-refractivity contribution is 5.88. The Hall–Kier alpha value is -1.84. The van der Waals surface area contributed by atoms with Gasteiger partial charge in [-0.1, -0.05) is 0 Å². The summed E-state index contributed by atoms with van der Waals surface area (Å²) in [5.41, 5.74) is 0.728. The summed E-state index contributed by atoms with van der Waals surface area (Å²) < 4.78 is 5.34. The fraction of sp³-hybridized carbons (Fsp3) is 0.333. The summed E-state index contributed by atoms with van der Waals surface area (Å²) in [5.74, 6) is 0.690. The average Bonchev–Trinajstić information content (AvgIpc) is 2.19. The van der Waals surface area contributed by atoms with Gasteiger partial charge in [-0.15, -0.1) is 0 Å². The molecule has 0 fully saturated rings. The Morgan fingerprint density at radius 1 is 1.19 bits per heavy atom. The summed E-state index contributed by atoms with van der Waals surface area (Å²) in [7, 11) is 0. The van der Waals surface area contributed by atoms with E-state index in [1.807, 2.05) is 0 Å². The minimum atomic E-state index is -0.106. The molecule has 0 aliphatic rings. The van der Waals surface area contributed by atoms with Crippen LogP contribution < -0.4 is 10.1 Å². The molecular weight excluding hydrogens is 206 g/mol. The van der Waals surface area contributed by atoms with Crippen LogP contribution in [0, 0.1) is 0 Å². The standard InChI is InChI=1S/C12H15NO3/c1-9(14)7-8-16-12-5-3-11(4-6-12)13-10(2)15/h3-6H,7-8H2,1-2H3,(H,13,15). The van der Waals surface area contributed by atoms with Crippen LogP contribution in [0.2, 0.25) is 0 Å². The topological polar surface area (TPSA) is 55.4 Å². The molecule has 1 aromatic carbocycles. The lowest BCUT2D eigenvalue weighted by Crippen LogP contribution is -2.06. The van der Waals surface area contributed by atoms with E-state index in [4.69, 9.17) is 4.74 Å². The first kappa shape index (κ1) is 12.2. The Morgan fingerprint density at radius 3 is 2.31 bits per heavy atom. The number of anilines is 1. The van der Waals surface area contributed by atoms with Crippen LogP contribution in [-0.4, -0.2) is 18.3 Å². The average molecular weight is 221 g/mol. The third-order valence-corrected chi connectivity index (χ3v) is 1.90. The van der Waals surface area contributed by atoms with E-state index in [9.17, 15) is 9.59 Å². The minimum Gasteiger partial charge on any atom is -0.493 e. The van der Waals surface area contributed by atoms with Gasteiger partial charge in [-0.3, -0.25) is 9.59 Å². The molecule has 0 saturated carbocycles. The van der Waals surface area contributed by atoms with Crippen LogP contribution in [-0.2, 0) is 9.59 Å². The first-order valence-corrected chi connectivity index (χ1v) is 5.08. The molecule has 1 aromatic rings. The fourth-order valence-electron chi connectivity index (χ4n) is 1.15. The Balaban J connectivity index is 2.45. The number of amides is 1. The predicted molar refractivity (Wildman–Crippen MR) is 61.5 cm³/mol. The summed E-state index contributed by atoms with van der Waals surface area (Å²) in [4.78, 5) is 21.4. The van der Waals surface area contributed by atoms with Gasteiger partial charge in [0, 0.05) is 19.0 Å². The first-order valence-electron chi connectivity index (χ1n) is 5.08. The Kier molecular flexibility index (Phi) is 4.51. The molecule has 0 unspecified atom stereocenters. The molecule has 86 valence electrons. The lowest BCUT2D eigenvalue weighted by atomic mass is 10.3. The van der Waals surface area contributed by atoms with Crippen molar-refractivity contribution in [3.05, 3.63) is 24.3 Å². The van der Waals surface area contributed by atoms with Crippen LogP contribution in [0.5, 0.6) is 5.75 Å². The van der Waals surface area contributed by atoms with E-state index in [0.717, 1.165) is 5.69 Å². The Morgan fingerprint density at radius 2 is 1.81 bits per heavy atom. The number of ether oxygens (including phenoxy) is 1. The number of hydrogen-bond donors (Lipinski definition) is 1. The number of hydrogen-bond acceptors (Lipinski definition) is 3. The molecule has 1 rings (SSSR count). The van der Waals surface area contributed by atoms with Crippen molar-refractivity contribution in [3.8, 4) is 5.75 Å².